The van der Waals surface area contributed by atoms with Gasteiger partial charge in [0.05, 0.1) is 6.04 Å². The highest BCUT2D eigenvalue weighted by Crippen LogP contribution is 2.51. The van der Waals surface area contributed by atoms with Crippen molar-refractivity contribution in [3.05, 3.63) is 35.0 Å². The van der Waals surface area contributed by atoms with Gasteiger partial charge in [0.2, 0.25) is 0 Å². The molecule has 3 unspecified atom stereocenters. The number of aromatic nitrogens is 1. The number of carbonyl (C=O) groups is 2. The summed E-state index contributed by atoms with van der Waals surface area (Å²) in [6.45, 7) is 8.08. The van der Waals surface area contributed by atoms with Gasteiger partial charge in [-0.3, -0.25) is 0 Å². The van der Waals surface area contributed by atoms with Crippen LogP contribution in [-0.2, 0) is 11.2 Å². The molecular weight excluding hydrogens is 418 g/mol. The average molecular weight is 456 g/mol. The van der Waals surface area contributed by atoms with Crippen molar-refractivity contribution in [1.29, 1.82) is 0 Å². The molecule has 1 aliphatic carbocycles. The second-order valence-corrected chi connectivity index (χ2v) is 10.8. The standard InChI is InChI=1S/C26H37N3O4/c1-15(2)17-8-10-26(3,22-14-33-25(32)28-22)13-20(17)16-6-7-21-19(12-16)18(9-11-29(4)5)23(27-21)24(30)31/h6-7,12,15,17,20,22,27H,8-11,13-14H2,1-5H3,(H,28,32)(H,30,31)/t17?,20?,22?,26-/m0/s1. The first-order chi connectivity index (χ1) is 15.6. The summed E-state index contributed by atoms with van der Waals surface area (Å²) >= 11 is 0. The number of aromatic amines is 1. The molecule has 2 fully saturated rings. The van der Waals surface area contributed by atoms with Crippen molar-refractivity contribution in [2.75, 3.05) is 27.2 Å². The Kier molecular flexibility index (Phi) is 6.45. The van der Waals surface area contributed by atoms with Crippen LogP contribution in [0.5, 0.6) is 0 Å². The molecule has 1 amide bonds. The van der Waals surface area contributed by atoms with Crippen LogP contribution in [0.25, 0.3) is 10.9 Å². The van der Waals surface area contributed by atoms with Crippen LogP contribution in [-0.4, -0.2) is 60.3 Å². The summed E-state index contributed by atoms with van der Waals surface area (Å²) in [6, 6.07) is 6.46. The smallest absolute Gasteiger partial charge is 0.407 e. The molecule has 3 N–H and O–H groups in total. The molecule has 2 aromatic rings. The quantitative estimate of drug-likeness (QED) is 0.566. The largest absolute Gasteiger partial charge is 0.477 e. The third-order valence-electron chi connectivity index (χ3n) is 8.00. The van der Waals surface area contributed by atoms with Crippen LogP contribution in [0.4, 0.5) is 4.79 Å². The number of nitrogens with one attached hydrogen (secondary N) is 2. The number of benzene rings is 1. The Bertz CT molecular complexity index is 1040. The van der Waals surface area contributed by atoms with Crippen molar-refractivity contribution in [2.45, 2.75) is 58.4 Å². The fourth-order valence-electron chi connectivity index (χ4n) is 5.97. The molecule has 4 rings (SSSR count). The number of nitrogens with zero attached hydrogens (tertiary/aromatic N) is 1. The van der Waals surface area contributed by atoms with E-state index >= 15 is 0 Å². The number of H-pyrrole nitrogens is 1. The molecule has 1 aliphatic heterocycles. The van der Waals surface area contributed by atoms with E-state index in [0.717, 1.165) is 42.3 Å². The highest BCUT2D eigenvalue weighted by Gasteiger charge is 2.46. The van der Waals surface area contributed by atoms with Gasteiger partial charge < -0.3 is 25.0 Å². The predicted molar refractivity (Wildman–Crippen MR) is 129 cm³/mol. The maximum absolute atomic E-state index is 11.9. The first-order valence-corrected chi connectivity index (χ1v) is 12.0. The van der Waals surface area contributed by atoms with E-state index in [9.17, 15) is 14.7 Å². The number of carboxylic acid groups (broad SMARTS) is 1. The number of aromatic carboxylic acids is 1. The fourth-order valence-corrected chi connectivity index (χ4v) is 5.97. The third-order valence-corrected chi connectivity index (χ3v) is 8.00. The second-order valence-electron chi connectivity index (χ2n) is 10.8. The van der Waals surface area contributed by atoms with Gasteiger partial charge in [-0.15, -0.1) is 0 Å². The molecular formula is C26H37N3O4. The summed E-state index contributed by atoms with van der Waals surface area (Å²) in [4.78, 5) is 28.9. The number of carboxylic acids is 1. The molecule has 7 heteroatoms. The third kappa shape index (κ3) is 4.60. The molecule has 0 radical (unpaired) electrons. The lowest BCUT2D eigenvalue weighted by Crippen LogP contribution is -2.46. The molecule has 2 aliphatic rings. The Balaban J connectivity index is 1.73. The monoisotopic (exact) mass is 455 g/mol. The van der Waals surface area contributed by atoms with Crippen LogP contribution in [0.1, 0.15) is 67.6 Å². The minimum absolute atomic E-state index is 0.0324. The number of carbonyl (C=O) groups excluding carboxylic acids is 1. The van der Waals surface area contributed by atoms with Gasteiger partial charge in [-0.1, -0.05) is 26.8 Å². The fraction of sp³-hybridized carbons (Fsp3) is 0.615. The van der Waals surface area contributed by atoms with Crippen molar-refractivity contribution in [3.63, 3.8) is 0 Å². The summed E-state index contributed by atoms with van der Waals surface area (Å²) in [5, 5.41) is 13.8. The number of amides is 1. The summed E-state index contributed by atoms with van der Waals surface area (Å²) in [6.07, 6.45) is 3.50. The van der Waals surface area contributed by atoms with Gasteiger partial charge in [0, 0.05) is 17.4 Å². The zero-order valence-electron chi connectivity index (χ0n) is 20.4. The molecule has 7 nitrogen and oxygen atoms in total. The molecule has 0 bridgehead atoms. The van der Waals surface area contributed by atoms with E-state index < -0.39 is 5.97 Å². The number of fused-ring (bicyclic) bond motifs is 1. The van der Waals surface area contributed by atoms with Crippen LogP contribution < -0.4 is 5.32 Å². The first kappa shape index (κ1) is 23.6. The normalized spacial score (nSPS) is 27.8. The van der Waals surface area contributed by atoms with Crippen LogP contribution in [0.15, 0.2) is 18.2 Å². The van der Waals surface area contributed by atoms with Crippen LogP contribution >= 0.6 is 0 Å². The number of hydrogen-bond donors (Lipinski definition) is 3. The Morgan fingerprint density at radius 1 is 1.33 bits per heavy atom. The minimum Gasteiger partial charge on any atom is -0.477 e. The Morgan fingerprint density at radius 2 is 2.09 bits per heavy atom. The molecule has 1 saturated carbocycles. The highest BCUT2D eigenvalue weighted by atomic mass is 16.6. The van der Waals surface area contributed by atoms with E-state index in [1.807, 2.05) is 20.2 Å². The Morgan fingerprint density at radius 3 is 2.70 bits per heavy atom. The highest BCUT2D eigenvalue weighted by molar-refractivity contribution is 5.97. The molecule has 1 saturated heterocycles. The van der Waals surface area contributed by atoms with Gasteiger partial charge in [-0.2, -0.15) is 0 Å². The maximum Gasteiger partial charge on any atom is 0.407 e. The van der Waals surface area contributed by atoms with Gasteiger partial charge in [0.15, 0.2) is 0 Å². The topological polar surface area (TPSA) is 94.7 Å². The second kappa shape index (κ2) is 9.01. The van der Waals surface area contributed by atoms with Crippen molar-refractivity contribution in [2.24, 2.45) is 17.3 Å². The van der Waals surface area contributed by atoms with Crippen LogP contribution in [0, 0.1) is 17.3 Å². The molecule has 1 aromatic carbocycles. The van der Waals surface area contributed by atoms with E-state index in [0.29, 0.717) is 36.5 Å². The molecule has 0 spiro atoms. The molecule has 2 heterocycles. The van der Waals surface area contributed by atoms with Gasteiger partial charge >= 0.3 is 12.1 Å². The van der Waals surface area contributed by atoms with Crippen molar-refractivity contribution < 1.29 is 19.4 Å². The maximum atomic E-state index is 11.9. The minimum atomic E-state index is -0.913. The Hall–Kier alpha value is -2.54. The average Bonchev–Trinajstić information content (AvgIpc) is 3.35. The van der Waals surface area contributed by atoms with E-state index in [-0.39, 0.29) is 17.6 Å². The number of rotatable bonds is 7. The van der Waals surface area contributed by atoms with E-state index in [2.05, 4.69) is 48.1 Å². The summed E-state index contributed by atoms with van der Waals surface area (Å²) < 4.78 is 5.23. The lowest BCUT2D eigenvalue weighted by atomic mass is 9.59. The van der Waals surface area contributed by atoms with Crippen molar-refractivity contribution in [3.8, 4) is 0 Å². The Labute approximate surface area is 195 Å². The zero-order valence-corrected chi connectivity index (χ0v) is 20.4. The lowest BCUT2D eigenvalue weighted by Gasteiger charge is -2.46. The van der Waals surface area contributed by atoms with Crippen molar-refractivity contribution >= 4 is 23.0 Å². The number of cyclic esters (lactones) is 1. The van der Waals surface area contributed by atoms with Crippen molar-refractivity contribution in [1.82, 2.24) is 15.2 Å². The number of likely N-dealkylation sites (N-methyl/N-ethyl adjacent to an activating group) is 1. The number of ether oxygens (including phenoxy) is 1. The zero-order chi connectivity index (χ0) is 23.9. The molecule has 180 valence electrons. The number of hydrogen-bond acceptors (Lipinski definition) is 4. The lowest BCUT2D eigenvalue weighted by molar-refractivity contribution is 0.0690. The molecule has 4 atom stereocenters. The van der Waals surface area contributed by atoms with E-state index in [1.54, 1.807) is 0 Å². The number of alkyl carbamates (subject to hydrolysis) is 1. The van der Waals surface area contributed by atoms with Gasteiger partial charge in [0.1, 0.15) is 12.3 Å². The summed E-state index contributed by atoms with van der Waals surface area (Å²) in [5.41, 5.74) is 3.28. The van der Waals surface area contributed by atoms with Crippen LogP contribution in [0.3, 0.4) is 0 Å². The molecule has 1 aromatic heterocycles. The molecule has 33 heavy (non-hydrogen) atoms. The van der Waals surface area contributed by atoms with Gasteiger partial charge in [0.25, 0.3) is 0 Å². The summed E-state index contributed by atoms with van der Waals surface area (Å²) in [7, 11) is 4.00. The van der Waals surface area contributed by atoms with Gasteiger partial charge in [-0.05, 0) is 86.2 Å². The summed E-state index contributed by atoms with van der Waals surface area (Å²) in [5.74, 6) is 0.509. The van der Waals surface area contributed by atoms with Gasteiger partial charge in [-0.25, -0.2) is 9.59 Å². The SMILES string of the molecule is CC(C)C1CC[C@](C)(C2COC(=O)N2)CC1c1ccc2[nH]c(C(=O)O)c(CCN(C)C)c2c1. The predicted octanol–water partition coefficient (Wildman–Crippen LogP) is 4.62. The van der Waals surface area contributed by atoms with E-state index in [1.165, 1.54) is 5.56 Å². The van der Waals surface area contributed by atoms with E-state index in [4.69, 9.17) is 4.74 Å². The van der Waals surface area contributed by atoms with Crippen LogP contribution in [0.2, 0.25) is 0 Å². The first-order valence-electron chi connectivity index (χ1n) is 12.0.